The Labute approximate surface area is 53.2 Å². The van der Waals surface area contributed by atoms with E-state index in [4.69, 9.17) is 2.82 Å². The molecule has 0 saturated heterocycles. The van der Waals surface area contributed by atoms with Gasteiger partial charge in [-0.2, -0.15) is 0 Å². The molecule has 0 radical (unpaired) electrons. The van der Waals surface area contributed by atoms with E-state index in [0.29, 0.717) is 0 Å². The van der Waals surface area contributed by atoms with Crippen LogP contribution in [0.4, 0.5) is 0 Å². The lowest BCUT2D eigenvalue weighted by atomic mass is 9.92. The third-order valence-electron chi connectivity index (χ3n) is 1.77. The van der Waals surface area contributed by atoms with Crippen LogP contribution in [-0.4, -0.2) is 12.1 Å². The molecular weight excluding hydrogens is 100 g/mol. The Morgan fingerprint density at radius 3 is 2.00 bits per heavy atom. The molecule has 1 saturated carbocycles. The van der Waals surface area contributed by atoms with Crippen molar-refractivity contribution in [3.63, 3.8) is 0 Å². The molecule has 8 heavy (non-hydrogen) atoms. The molecule has 1 aliphatic rings. The summed E-state index contributed by atoms with van der Waals surface area (Å²) < 4.78 is 13.9. The van der Waals surface area contributed by atoms with E-state index in [1.807, 2.05) is 0 Å². The Morgan fingerprint density at radius 2 is 1.62 bits per heavy atom. The standard InChI is InChI=1S/C6H14N2/c7-5-3-1-2-4-6(5)8/h5-6H,1-4,7-8H2/t5-,6+/i/hD2. The van der Waals surface area contributed by atoms with Crippen LogP contribution in [0, 0.1) is 0 Å². The van der Waals surface area contributed by atoms with E-state index in [-0.39, 0.29) is 12.1 Å². The van der Waals surface area contributed by atoms with Gasteiger partial charge < -0.3 is 11.5 Å². The summed E-state index contributed by atoms with van der Waals surface area (Å²) in [5, 5.41) is 0. The first-order chi connectivity index (χ1) is 4.88. The second-order valence-corrected chi connectivity index (χ2v) is 2.50. The zero-order valence-electron chi connectivity index (χ0n) is 6.98. The average molecular weight is 116 g/mol. The Bertz CT molecular complexity index is 87.7. The molecule has 0 aromatic heterocycles. The normalized spacial score (nSPS) is 43.0. The topological polar surface area (TPSA) is 52.0 Å². The van der Waals surface area contributed by atoms with E-state index in [0.717, 1.165) is 12.8 Å². The number of rotatable bonds is 2. The highest BCUT2D eigenvalue weighted by Gasteiger charge is 2.16. The lowest BCUT2D eigenvalue weighted by molar-refractivity contribution is 0.385. The predicted molar refractivity (Wildman–Crippen MR) is 34.4 cm³/mol. The molecule has 2 heteroatoms. The first-order valence-corrected chi connectivity index (χ1v) is 3.23. The molecule has 0 aliphatic heterocycles. The molecule has 4 N–H and O–H groups in total. The summed E-state index contributed by atoms with van der Waals surface area (Å²) >= 11 is 0. The Morgan fingerprint density at radius 1 is 1.12 bits per heavy atom. The van der Waals surface area contributed by atoms with E-state index in [1.54, 1.807) is 0 Å². The van der Waals surface area contributed by atoms with Crippen molar-refractivity contribution in [3.8, 4) is 0 Å². The average Bonchev–Trinajstić information content (AvgIpc) is 2.04. The Hall–Kier alpha value is -0.0800. The van der Waals surface area contributed by atoms with Gasteiger partial charge in [0.1, 0.15) is 2.82 Å². The van der Waals surface area contributed by atoms with Gasteiger partial charge in [-0.15, -0.1) is 0 Å². The highest BCUT2D eigenvalue weighted by atomic mass is 14.8. The van der Waals surface area contributed by atoms with Gasteiger partial charge in [0.05, 0.1) is 0 Å². The maximum absolute atomic E-state index is 6.96. The van der Waals surface area contributed by atoms with Gasteiger partial charge in [-0.25, -0.2) is 0 Å². The fourth-order valence-electron chi connectivity index (χ4n) is 1.13. The minimum absolute atomic E-state index is 0.186. The largest absolute Gasteiger partial charge is 0.326 e. The van der Waals surface area contributed by atoms with Crippen molar-refractivity contribution in [2.45, 2.75) is 37.8 Å². The van der Waals surface area contributed by atoms with Crippen LogP contribution in [0.5, 0.6) is 0 Å². The van der Waals surface area contributed by atoms with Gasteiger partial charge in [0.25, 0.3) is 0 Å². The monoisotopic (exact) mass is 116 g/mol. The molecule has 48 valence electrons. The van der Waals surface area contributed by atoms with Crippen LogP contribution in [0.15, 0.2) is 0 Å². The summed E-state index contributed by atoms with van der Waals surface area (Å²) in [5.41, 5.74) is 4.94. The molecular formula is C6H14N2. The zero-order chi connectivity index (χ0) is 7.40. The molecule has 2 nitrogen and oxygen atoms in total. The van der Waals surface area contributed by atoms with Crippen molar-refractivity contribution >= 4 is 0 Å². The van der Waals surface area contributed by atoms with Gasteiger partial charge in [0.2, 0.25) is 0 Å². The van der Waals surface area contributed by atoms with Crippen LogP contribution >= 0.6 is 0 Å². The number of hydrogen-bond acceptors (Lipinski definition) is 2. The van der Waals surface area contributed by atoms with Gasteiger partial charge in [0, 0.05) is 12.1 Å². The summed E-state index contributed by atoms with van der Waals surface area (Å²) in [7, 11) is 0. The fourth-order valence-corrected chi connectivity index (χ4v) is 1.13. The number of hydrogen-bond donors (Lipinski definition) is 2. The zero-order valence-corrected chi connectivity index (χ0v) is 4.98. The van der Waals surface area contributed by atoms with Crippen molar-refractivity contribution in [2.75, 3.05) is 0 Å². The van der Waals surface area contributed by atoms with Gasteiger partial charge >= 0.3 is 0 Å². The lowest BCUT2D eigenvalue weighted by Gasteiger charge is -2.24. The predicted octanol–water partition coefficient (Wildman–Crippen LogP) is 0.215. The van der Waals surface area contributed by atoms with Crippen LogP contribution in [0.3, 0.4) is 0 Å². The molecule has 0 unspecified atom stereocenters. The van der Waals surface area contributed by atoms with Crippen molar-refractivity contribution in [1.29, 1.82) is 0 Å². The first-order valence-electron chi connectivity index (χ1n) is 4.23. The third-order valence-corrected chi connectivity index (χ3v) is 1.77. The molecule has 1 rings (SSSR count). The van der Waals surface area contributed by atoms with E-state index < -0.39 is 0 Å². The van der Waals surface area contributed by atoms with Gasteiger partial charge in [0.15, 0.2) is 0 Å². The molecule has 0 bridgehead atoms. The quantitative estimate of drug-likeness (QED) is 0.542. The summed E-state index contributed by atoms with van der Waals surface area (Å²) in [6, 6.07) is 0.373. The minimum Gasteiger partial charge on any atom is -0.326 e. The highest BCUT2D eigenvalue weighted by Crippen LogP contribution is 2.14. The fraction of sp³-hybridized carbons (Fsp3) is 1.00. The van der Waals surface area contributed by atoms with E-state index in [2.05, 4.69) is 11.5 Å². The summed E-state index contributed by atoms with van der Waals surface area (Å²) in [6.07, 6.45) is 4.43. The molecule has 0 amide bonds. The van der Waals surface area contributed by atoms with Crippen LogP contribution in [-0.2, 0) is 0 Å². The Kier molecular flexibility index (Phi) is 1.19. The van der Waals surface area contributed by atoms with Crippen LogP contribution in [0.1, 0.15) is 25.7 Å². The highest BCUT2D eigenvalue weighted by molar-refractivity contribution is 4.79. The second kappa shape index (κ2) is 2.46. The lowest BCUT2D eigenvalue weighted by Crippen LogP contribution is -2.43. The Balaban J connectivity index is 2.34. The van der Waals surface area contributed by atoms with Crippen LogP contribution in [0.2, 0.25) is 2.82 Å². The molecule has 0 heterocycles. The van der Waals surface area contributed by atoms with Crippen molar-refractivity contribution in [2.24, 2.45) is 11.5 Å². The molecule has 1 aliphatic carbocycles. The molecule has 1 fully saturated rings. The SMILES string of the molecule is [2H]N[C@H]1CCCC[C@H]1N[2H]. The maximum atomic E-state index is 6.96. The van der Waals surface area contributed by atoms with Crippen molar-refractivity contribution in [1.82, 2.24) is 0 Å². The number of nitrogens with two attached hydrogens (primary N) is 2. The van der Waals surface area contributed by atoms with Gasteiger partial charge in [-0.3, -0.25) is 0 Å². The van der Waals surface area contributed by atoms with Crippen LogP contribution in [0.25, 0.3) is 0 Å². The smallest absolute Gasteiger partial charge is 0.119 e. The van der Waals surface area contributed by atoms with Crippen LogP contribution < -0.4 is 11.5 Å². The summed E-state index contributed by atoms with van der Waals surface area (Å²) in [4.78, 5) is 0. The molecule has 0 spiro atoms. The third kappa shape index (κ3) is 1.20. The van der Waals surface area contributed by atoms with E-state index in [1.165, 1.54) is 12.8 Å². The van der Waals surface area contributed by atoms with E-state index >= 15 is 0 Å². The summed E-state index contributed by atoms with van der Waals surface area (Å²) in [5.74, 6) is 0. The maximum Gasteiger partial charge on any atom is 0.119 e. The molecule has 0 aromatic rings. The molecule has 0 aromatic carbocycles. The van der Waals surface area contributed by atoms with E-state index in [9.17, 15) is 0 Å². The molecule has 2 atom stereocenters. The minimum atomic E-state index is 0.186. The summed E-state index contributed by atoms with van der Waals surface area (Å²) in [6.45, 7) is 0. The van der Waals surface area contributed by atoms with Crippen molar-refractivity contribution < 1.29 is 2.82 Å². The first kappa shape index (κ1) is 3.85. The van der Waals surface area contributed by atoms with Crippen molar-refractivity contribution in [3.05, 3.63) is 0 Å². The van der Waals surface area contributed by atoms with Gasteiger partial charge in [-0.05, 0) is 12.8 Å². The second-order valence-electron chi connectivity index (χ2n) is 2.50. The van der Waals surface area contributed by atoms with Gasteiger partial charge in [-0.1, -0.05) is 12.8 Å².